The Hall–Kier alpha value is -2.64. The molecule has 0 aromatic carbocycles. The van der Waals surface area contributed by atoms with Gasteiger partial charge in [-0.3, -0.25) is 14.7 Å². The highest BCUT2D eigenvalue weighted by atomic mass is 16.2. The van der Waals surface area contributed by atoms with E-state index in [-0.39, 0.29) is 6.04 Å². The van der Waals surface area contributed by atoms with Crippen molar-refractivity contribution < 1.29 is 9.59 Å². The number of likely N-dealkylation sites (tertiary alicyclic amines) is 1. The second kappa shape index (κ2) is 6.46. The Morgan fingerprint density at radius 1 is 1.42 bits per heavy atom. The van der Waals surface area contributed by atoms with E-state index >= 15 is 0 Å². The number of carbonyl (C=O) groups is 2. The van der Waals surface area contributed by atoms with Gasteiger partial charge in [0.15, 0.2) is 0 Å². The van der Waals surface area contributed by atoms with Crippen LogP contribution in [0.25, 0.3) is 10.9 Å². The van der Waals surface area contributed by atoms with E-state index in [2.05, 4.69) is 27.4 Å². The Bertz CT molecular complexity index is 771. The van der Waals surface area contributed by atoms with Gasteiger partial charge in [0.25, 0.3) is 0 Å². The Morgan fingerprint density at radius 3 is 2.96 bits per heavy atom. The topological polar surface area (TPSA) is 117 Å². The van der Waals surface area contributed by atoms with E-state index in [4.69, 9.17) is 5.73 Å². The van der Waals surface area contributed by atoms with Gasteiger partial charge in [-0.25, -0.2) is 4.98 Å². The maximum Gasteiger partial charge on any atom is 0.314 e. The summed E-state index contributed by atoms with van der Waals surface area (Å²) in [6.45, 7) is 4.75. The number of hydrogen-bond acceptors (Lipinski definition) is 5. The molecule has 2 aromatic rings. The molecule has 0 radical (unpaired) electrons. The van der Waals surface area contributed by atoms with Gasteiger partial charge in [0, 0.05) is 12.6 Å². The van der Waals surface area contributed by atoms with Gasteiger partial charge in [-0.1, -0.05) is 13.8 Å². The molecule has 2 aromatic heterocycles. The Labute approximate surface area is 139 Å². The molecule has 2 atom stereocenters. The SMILES string of the molecule is CC[C@H]1CC[C@H](C)CN1C(=O)C(=O)Nc1cnc(N)c2cn[nH]c12. The summed E-state index contributed by atoms with van der Waals surface area (Å²) in [5.41, 5.74) is 6.72. The van der Waals surface area contributed by atoms with Crippen LogP contribution in [0.4, 0.5) is 11.5 Å². The minimum Gasteiger partial charge on any atom is -0.383 e. The molecule has 4 N–H and O–H groups in total. The standard InChI is InChI=1S/C16H22N6O2/c1-3-10-5-4-9(2)8-22(10)16(24)15(23)20-12-7-18-14(17)11-6-19-21-13(11)12/h6-7,9-10H,3-5,8H2,1-2H3,(H2,17,18)(H,19,21)(H,20,23)/t9-,10-/m0/s1. The normalized spacial score (nSPS) is 21.0. The number of nitrogen functional groups attached to an aromatic ring is 1. The monoisotopic (exact) mass is 330 g/mol. The van der Waals surface area contributed by atoms with Crippen molar-refractivity contribution in [3.05, 3.63) is 12.4 Å². The van der Waals surface area contributed by atoms with Gasteiger partial charge < -0.3 is 16.0 Å². The third-order valence-corrected chi connectivity index (χ3v) is 4.63. The first-order valence-corrected chi connectivity index (χ1v) is 8.20. The summed E-state index contributed by atoms with van der Waals surface area (Å²) in [7, 11) is 0. The summed E-state index contributed by atoms with van der Waals surface area (Å²) in [5, 5.41) is 9.92. The van der Waals surface area contributed by atoms with Gasteiger partial charge in [0.2, 0.25) is 0 Å². The van der Waals surface area contributed by atoms with Crippen molar-refractivity contribution in [1.82, 2.24) is 20.1 Å². The predicted octanol–water partition coefficient (Wildman–Crippen LogP) is 1.52. The number of pyridine rings is 1. The maximum absolute atomic E-state index is 12.6. The molecule has 3 rings (SSSR count). The van der Waals surface area contributed by atoms with Crippen LogP contribution >= 0.6 is 0 Å². The van der Waals surface area contributed by atoms with E-state index in [1.807, 2.05) is 6.92 Å². The van der Waals surface area contributed by atoms with Crippen LogP contribution in [0.3, 0.4) is 0 Å². The van der Waals surface area contributed by atoms with Gasteiger partial charge >= 0.3 is 11.8 Å². The zero-order valence-corrected chi connectivity index (χ0v) is 13.9. The third kappa shape index (κ3) is 2.91. The maximum atomic E-state index is 12.6. The number of piperidine rings is 1. The second-order valence-corrected chi connectivity index (χ2v) is 6.37. The van der Waals surface area contributed by atoms with E-state index in [1.54, 1.807) is 4.90 Å². The summed E-state index contributed by atoms with van der Waals surface area (Å²) < 4.78 is 0. The second-order valence-electron chi connectivity index (χ2n) is 6.37. The highest BCUT2D eigenvalue weighted by Crippen LogP contribution is 2.26. The Balaban J connectivity index is 1.79. The number of carbonyl (C=O) groups excluding carboxylic acids is 2. The highest BCUT2D eigenvalue weighted by molar-refractivity contribution is 6.40. The molecule has 8 heteroatoms. The average molecular weight is 330 g/mol. The van der Waals surface area contributed by atoms with E-state index in [0.717, 1.165) is 19.3 Å². The lowest BCUT2D eigenvalue weighted by Crippen LogP contribution is -2.50. The van der Waals surface area contributed by atoms with Gasteiger partial charge in [0.1, 0.15) is 5.82 Å². The lowest BCUT2D eigenvalue weighted by atomic mass is 9.92. The van der Waals surface area contributed by atoms with Crippen molar-refractivity contribution in [2.45, 2.75) is 39.2 Å². The number of anilines is 2. The van der Waals surface area contributed by atoms with Crippen LogP contribution in [-0.2, 0) is 9.59 Å². The van der Waals surface area contributed by atoms with Crippen LogP contribution in [0.5, 0.6) is 0 Å². The lowest BCUT2D eigenvalue weighted by Gasteiger charge is -2.37. The summed E-state index contributed by atoms with van der Waals surface area (Å²) in [6, 6.07) is 0.121. The van der Waals surface area contributed by atoms with Gasteiger partial charge in [0.05, 0.1) is 29.0 Å². The van der Waals surface area contributed by atoms with E-state index in [9.17, 15) is 9.59 Å². The molecule has 1 fully saturated rings. The largest absolute Gasteiger partial charge is 0.383 e. The molecule has 0 saturated carbocycles. The number of H-pyrrole nitrogens is 1. The fourth-order valence-electron chi connectivity index (χ4n) is 3.24. The minimum atomic E-state index is -0.662. The molecule has 0 spiro atoms. The number of nitrogens with two attached hydrogens (primary N) is 1. The van der Waals surface area contributed by atoms with Crippen molar-refractivity contribution >= 4 is 34.2 Å². The Kier molecular flexibility index (Phi) is 4.37. The zero-order valence-electron chi connectivity index (χ0n) is 13.9. The van der Waals surface area contributed by atoms with Crippen LogP contribution in [0.15, 0.2) is 12.4 Å². The summed E-state index contributed by atoms with van der Waals surface area (Å²) in [6.07, 6.45) is 5.83. The number of rotatable bonds is 2. The highest BCUT2D eigenvalue weighted by Gasteiger charge is 2.32. The van der Waals surface area contributed by atoms with Gasteiger partial charge in [-0.05, 0) is 25.2 Å². The van der Waals surface area contributed by atoms with Crippen molar-refractivity contribution in [2.24, 2.45) is 5.92 Å². The van der Waals surface area contributed by atoms with Crippen molar-refractivity contribution in [3.63, 3.8) is 0 Å². The van der Waals surface area contributed by atoms with Gasteiger partial charge in [-0.2, -0.15) is 5.10 Å². The van der Waals surface area contributed by atoms with Crippen LogP contribution in [0, 0.1) is 5.92 Å². The fraction of sp³-hybridized carbons (Fsp3) is 0.500. The smallest absolute Gasteiger partial charge is 0.314 e. The number of aromatic nitrogens is 3. The number of nitrogens with zero attached hydrogens (tertiary/aromatic N) is 3. The Morgan fingerprint density at radius 2 is 2.21 bits per heavy atom. The molecule has 2 amide bonds. The summed E-state index contributed by atoms with van der Waals surface area (Å²) in [5.74, 6) is -0.441. The van der Waals surface area contributed by atoms with Crippen molar-refractivity contribution in [3.8, 4) is 0 Å². The number of hydrogen-bond donors (Lipinski definition) is 3. The molecule has 3 heterocycles. The first kappa shape index (κ1) is 16.2. The van der Waals surface area contributed by atoms with Crippen LogP contribution in [-0.4, -0.2) is 44.5 Å². The molecule has 1 aliphatic rings. The summed E-state index contributed by atoms with van der Waals surface area (Å²) >= 11 is 0. The molecule has 8 nitrogen and oxygen atoms in total. The van der Waals surface area contributed by atoms with Crippen molar-refractivity contribution in [1.29, 1.82) is 0 Å². The quantitative estimate of drug-likeness (QED) is 0.722. The van der Waals surface area contributed by atoms with E-state index in [1.165, 1.54) is 12.4 Å². The molecule has 0 bridgehead atoms. The van der Waals surface area contributed by atoms with E-state index < -0.39 is 11.8 Å². The fourth-order valence-corrected chi connectivity index (χ4v) is 3.24. The molecule has 1 aliphatic heterocycles. The lowest BCUT2D eigenvalue weighted by molar-refractivity contribution is -0.146. The van der Waals surface area contributed by atoms with E-state index in [0.29, 0.717) is 34.9 Å². The molecule has 0 unspecified atom stereocenters. The van der Waals surface area contributed by atoms with Crippen molar-refractivity contribution in [2.75, 3.05) is 17.6 Å². The molecular weight excluding hydrogens is 308 g/mol. The zero-order chi connectivity index (χ0) is 17.3. The van der Waals surface area contributed by atoms with Crippen LogP contribution in [0.1, 0.15) is 33.1 Å². The molecule has 128 valence electrons. The first-order chi connectivity index (χ1) is 11.5. The molecular formula is C16H22N6O2. The number of aromatic amines is 1. The summed E-state index contributed by atoms with van der Waals surface area (Å²) in [4.78, 5) is 30.8. The minimum absolute atomic E-state index is 0.121. The van der Waals surface area contributed by atoms with Crippen LogP contribution < -0.4 is 11.1 Å². The number of fused-ring (bicyclic) bond motifs is 1. The average Bonchev–Trinajstić information content (AvgIpc) is 3.07. The first-order valence-electron chi connectivity index (χ1n) is 8.20. The molecule has 0 aliphatic carbocycles. The third-order valence-electron chi connectivity index (χ3n) is 4.63. The molecule has 1 saturated heterocycles. The van der Waals surface area contributed by atoms with Crippen LogP contribution in [0.2, 0.25) is 0 Å². The predicted molar refractivity (Wildman–Crippen MR) is 91.1 cm³/mol. The number of nitrogens with one attached hydrogen (secondary N) is 2. The van der Waals surface area contributed by atoms with Gasteiger partial charge in [-0.15, -0.1) is 0 Å². The number of amides is 2. The molecule has 24 heavy (non-hydrogen) atoms.